The molecule has 0 aromatic rings. The summed E-state index contributed by atoms with van der Waals surface area (Å²) in [6.45, 7) is 2.28. The molecule has 1 N–H and O–H groups in total. The second kappa shape index (κ2) is 8.46. The van der Waals surface area contributed by atoms with Crippen molar-refractivity contribution in [3.8, 4) is 0 Å². The number of thioether (sulfide) groups is 1. The lowest BCUT2D eigenvalue weighted by Crippen LogP contribution is -2.37. The summed E-state index contributed by atoms with van der Waals surface area (Å²) in [7, 11) is 2.14. The molecule has 15 heavy (non-hydrogen) atoms. The number of hydrogen-bond acceptors (Lipinski definition) is 2. The van der Waals surface area contributed by atoms with Crippen molar-refractivity contribution >= 4 is 11.8 Å². The molecule has 0 aliphatic carbocycles. The molecule has 2 atom stereocenters. The molecular formula is C13H27NS. The minimum atomic E-state index is 0.771. The summed E-state index contributed by atoms with van der Waals surface area (Å²) in [4.78, 5) is 0. The Kier molecular flexibility index (Phi) is 7.54. The van der Waals surface area contributed by atoms with Crippen LogP contribution in [0.4, 0.5) is 0 Å². The zero-order valence-electron chi connectivity index (χ0n) is 10.4. The van der Waals surface area contributed by atoms with Gasteiger partial charge in [0.25, 0.3) is 0 Å². The first-order valence-electron chi connectivity index (χ1n) is 6.67. The molecule has 0 spiro atoms. The van der Waals surface area contributed by atoms with Gasteiger partial charge in [0, 0.05) is 11.3 Å². The van der Waals surface area contributed by atoms with E-state index in [9.17, 15) is 0 Å². The van der Waals surface area contributed by atoms with Crippen molar-refractivity contribution in [2.75, 3.05) is 12.8 Å². The van der Waals surface area contributed by atoms with E-state index in [1.165, 1.54) is 57.1 Å². The first-order chi connectivity index (χ1) is 7.38. The van der Waals surface area contributed by atoms with E-state index in [1.54, 1.807) is 0 Å². The molecule has 1 heterocycles. The Labute approximate surface area is 99.8 Å². The highest BCUT2D eigenvalue weighted by Gasteiger charge is 2.22. The molecule has 1 saturated heterocycles. The van der Waals surface area contributed by atoms with Gasteiger partial charge in [-0.25, -0.2) is 0 Å². The van der Waals surface area contributed by atoms with Crippen molar-refractivity contribution in [1.82, 2.24) is 5.32 Å². The zero-order chi connectivity index (χ0) is 10.9. The summed E-state index contributed by atoms with van der Waals surface area (Å²) in [5.41, 5.74) is 0. The van der Waals surface area contributed by atoms with Crippen LogP contribution in [-0.2, 0) is 0 Å². The van der Waals surface area contributed by atoms with Crippen LogP contribution in [0, 0.1) is 0 Å². The smallest absolute Gasteiger partial charge is 0.0201 e. The van der Waals surface area contributed by atoms with E-state index in [4.69, 9.17) is 0 Å². The van der Waals surface area contributed by atoms with Crippen molar-refractivity contribution in [1.29, 1.82) is 0 Å². The van der Waals surface area contributed by atoms with Gasteiger partial charge in [0.1, 0.15) is 0 Å². The Hall–Kier alpha value is 0.310. The predicted octanol–water partition coefficient (Wildman–Crippen LogP) is 3.83. The van der Waals surface area contributed by atoms with Gasteiger partial charge in [-0.1, -0.05) is 39.0 Å². The molecule has 0 amide bonds. The topological polar surface area (TPSA) is 12.0 Å². The van der Waals surface area contributed by atoms with Crippen molar-refractivity contribution in [2.24, 2.45) is 0 Å². The van der Waals surface area contributed by atoms with E-state index in [1.807, 2.05) is 0 Å². The van der Waals surface area contributed by atoms with Gasteiger partial charge in [0.15, 0.2) is 0 Å². The number of unbranched alkanes of at least 4 members (excludes halogenated alkanes) is 3. The predicted molar refractivity (Wildman–Crippen MR) is 71.7 cm³/mol. The monoisotopic (exact) mass is 229 g/mol. The van der Waals surface area contributed by atoms with Gasteiger partial charge in [0.2, 0.25) is 0 Å². The summed E-state index contributed by atoms with van der Waals surface area (Å²) < 4.78 is 0. The first-order valence-corrected chi connectivity index (χ1v) is 7.72. The van der Waals surface area contributed by atoms with Crippen LogP contribution in [0.25, 0.3) is 0 Å². The molecule has 1 fully saturated rings. The van der Waals surface area contributed by atoms with Crippen LogP contribution in [0.5, 0.6) is 0 Å². The molecule has 1 aliphatic rings. The Morgan fingerprint density at radius 2 is 2.13 bits per heavy atom. The molecular weight excluding hydrogens is 202 g/mol. The van der Waals surface area contributed by atoms with Gasteiger partial charge in [-0.15, -0.1) is 0 Å². The van der Waals surface area contributed by atoms with Gasteiger partial charge >= 0.3 is 0 Å². The van der Waals surface area contributed by atoms with E-state index in [0.29, 0.717) is 0 Å². The van der Waals surface area contributed by atoms with Gasteiger partial charge in [0.05, 0.1) is 0 Å². The Morgan fingerprint density at radius 3 is 2.73 bits per heavy atom. The summed E-state index contributed by atoms with van der Waals surface area (Å²) in [5, 5.41) is 4.42. The highest BCUT2D eigenvalue weighted by molar-refractivity contribution is 8.00. The third kappa shape index (κ3) is 5.26. The lowest BCUT2D eigenvalue weighted by Gasteiger charge is -2.29. The quantitative estimate of drug-likeness (QED) is 0.666. The molecule has 1 nitrogen and oxygen atoms in total. The minimum Gasteiger partial charge on any atom is -0.316 e. The molecule has 2 heteroatoms. The fourth-order valence-corrected chi connectivity index (χ4v) is 3.90. The molecule has 1 rings (SSSR count). The minimum absolute atomic E-state index is 0.771. The maximum Gasteiger partial charge on any atom is 0.0201 e. The van der Waals surface area contributed by atoms with Crippen LogP contribution in [0.15, 0.2) is 0 Å². The van der Waals surface area contributed by atoms with E-state index in [0.717, 1.165) is 11.3 Å². The van der Waals surface area contributed by atoms with E-state index >= 15 is 0 Å². The standard InChI is InChI=1S/C13H27NS/c1-3-4-5-6-9-12(14-2)13-10-7-8-11-15-13/h12-14H,3-11H2,1-2H3. The van der Waals surface area contributed by atoms with Gasteiger partial charge in [-0.3, -0.25) is 0 Å². The molecule has 0 radical (unpaired) electrons. The zero-order valence-corrected chi connectivity index (χ0v) is 11.2. The van der Waals surface area contributed by atoms with Gasteiger partial charge < -0.3 is 5.32 Å². The molecule has 0 aromatic carbocycles. The number of hydrogen-bond donors (Lipinski definition) is 1. The summed E-state index contributed by atoms with van der Waals surface area (Å²) >= 11 is 2.20. The van der Waals surface area contributed by atoms with Crippen LogP contribution in [0.2, 0.25) is 0 Å². The highest BCUT2D eigenvalue weighted by atomic mass is 32.2. The van der Waals surface area contributed by atoms with Crippen molar-refractivity contribution in [3.63, 3.8) is 0 Å². The van der Waals surface area contributed by atoms with E-state index in [2.05, 4.69) is 31.1 Å². The van der Waals surface area contributed by atoms with Crippen LogP contribution in [-0.4, -0.2) is 24.1 Å². The molecule has 90 valence electrons. The fraction of sp³-hybridized carbons (Fsp3) is 1.00. The van der Waals surface area contributed by atoms with Crippen LogP contribution < -0.4 is 5.32 Å². The van der Waals surface area contributed by atoms with Crippen molar-refractivity contribution in [2.45, 2.75) is 69.6 Å². The Balaban J connectivity index is 2.15. The third-order valence-electron chi connectivity index (χ3n) is 3.40. The second-order valence-corrected chi connectivity index (χ2v) is 6.00. The largest absolute Gasteiger partial charge is 0.316 e. The Morgan fingerprint density at radius 1 is 1.27 bits per heavy atom. The fourth-order valence-electron chi connectivity index (χ4n) is 2.39. The molecule has 0 bridgehead atoms. The molecule has 0 saturated carbocycles. The first kappa shape index (κ1) is 13.4. The maximum atomic E-state index is 3.53. The van der Waals surface area contributed by atoms with Crippen LogP contribution in [0.1, 0.15) is 58.3 Å². The summed E-state index contributed by atoms with van der Waals surface area (Å²) in [6, 6.07) is 0.771. The van der Waals surface area contributed by atoms with E-state index in [-0.39, 0.29) is 0 Å². The van der Waals surface area contributed by atoms with Crippen molar-refractivity contribution < 1.29 is 0 Å². The lowest BCUT2D eigenvalue weighted by atomic mass is 10.0. The lowest BCUT2D eigenvalue weighted by molar-refractivity contribution is 0.448. The van der Waals surface area contributed by atoms with Crippen LogP contribution in [0.3, 0.4) is 0 Å². The molecule has 2 unspecified atom stereocenters. The third-order valence-corrected chi connectivity index (χ3v) is 4.92. The molecule has 1 aliphatic heterocycles. The average Bonchev–Trinajstić information content (AvgIpc) is 2.30. The maximum absolute atomic E-state index is 3.53. The van der Waals surface area contributed by atoms with Crippen LogP contribution >= 0.6 is 11.8 Å². The summed E-state index contributed by atoms with van der Waals surface area (Å²) in [6.07, 6.45) is 11.3. The summed E-state index contributed by atoms with van der Waals surface area (Å²) in [5.74, 6) is 1.39. The Bertz CT molecular complexity index is 143. The highest BCUT2D eigenvalue weighted by Crippen LogP contribution is 2.29. The van der Waals surface area contributed by atoms with E-state index < -0.39 is 0 Å². The van der Waals surface area contributed by atoms with Gasteiger partial charge in [-0.05, 0) is 32.1 Å². The molecule has 0 aromatic heterocycles. The average molecular weight is 229 g/mol. The SMILES string of the molecule is CCCCCCC(NC)C1CCCCS1. The second-order valence-electron chi connectivity index (χ2n) is 4.65. The number of nitrogens with one attached hydrogen (secondary N) is 1. The normalized spacial score (nSPS) is 24.0. The van der Waals surface area contributed by atoms with Gasteiger partial charge in [-0.2, -0.15) is 11.8 Å². The number of rotatable bonds is 7. The van der Waals surface area contributed by atoms with Crippen molar-refractivity contribution in [3.05, 3.63) is 0 Å².